The summed E-state index contributed by atoms with van der Waals surface area (Å²) in [6.45, 7) is 3.53. The highest BCUT2D eigenvalue weighted by Crippen LogP contribution is 2.28. The summed E-state index contributed by atoms with van der Waals surface area (Å²) in [5, 5.41) is 16.8. The number of H-pyrrole nitrogens is 1. The first-order valence-corrected chi connectivity index (χ1v) is 11.2. The molecule has 184 valence electrons. The van der Waals surface area contributed by atoms with Gasteiger partial charge in [-0.05, 0) is 49.9 Å². The number of amidine groups is 1. The molecule has 10 nitrogen and oxygen atoms in total. The predicted octanol–water partition coefficient (Wildman–Crippen LogP) is 3.79. The summed E-state index contributed by atoms with van der Waals surface area (Å²) >= 11 is 0. The van der Waals surface area contributed by atoms with Gasteiger partial charge in [0, 0.05) is 47.2 Å². The monoisotopic (exact) mass is 479 g/mol. The Morgan fingerprint density at radius 3 is 2.29 bits per heavy atom. The van der Waals surface area contributed by atoms with E-state index in [0.29, 0.717) is 29.4 Å². The number of aromatic amines is 1. The molecule has 35 heavy (non-hydrogen) atoms. The molecule has 0 radical (unpaired) electrons. The van der Waals surface area contributed by atoms with Gasteiger partial charge >= 0.3 is 12.2 Å². The molecule has 0 unspecified atom stereocenters. The van der Waals surface area contributed by atoms with Crippen molar-refractivity contribution in [3.8, 4) is 5.75 Å². The quantitative estimate of drug-likeness (QED) is 0.118. The van der Waals surface area contributed by atoms with Crippen molar-refractivity contribution in [1.82, 2.24) is 9.88 Å². The third-order valence-electron chi connectivity index (χ3n) is 5.76. The lowest BCUT2D eigenvalue weighted by molar-refractivity contribution is 0.0983. The second kappa shape index (κ2) is 11.2. The maximum atomic E-state index is 12.8. The van der Waals surface area contributed by atoms with Crippen LogP contribution in [0.4, 0.5) is 9.59 Å². The summed E-state index contributed by atoms with van der Waals surface area (Å²) in [5.74, 6) is 0.135. The van der Waals surface area contributed by atoms with Crippen LogP contribution in [0.15, 0.2) is 42.5 Å². The van der Waals surface area contributed by atoms with E-state index in [4.69, 9.17) is 26.7 Å². The minimum absolute atomic E-state index is 0.00595. The first kappa shape index (κ1) is 25.3. The standard InChI is InChI=1S/C20H19N3O4.C5H10N2O/c1-11-18(15-10-14(27-20(25)26)7-8-16(15)23-11)17(24)9-4-12-2-5-13(6-3-12)19(21)22;6-5(8)7-3-1-2-4-7/h2-3,5-8,10,23H,4,9H2,1H3,(H3,21,22)(H,25,26);1-4H2,(H2,6,8). The molecule has 10 heteroatoms. The summed E-state index contributed by atoms with van der Waals surface area (Å²) in [6.07, 6.45) is 1.68. The molecule has 3 aromatic rings. The number of fused-ring (bicyclic) bond motifs is 1. The molecule has 1 saturated heterocycles. The zero-order valence-corrected chi connectivity index (χ0v) is 19.5. The molecule has 0 atom stereocenters. The van der Waals surface area contributed by atoms with E-state index < -0.39 is 6.16 Å². The van der Waals surface area contributed by atoms with Crippen molar-refractivity contribution in [1.29, 1.82) is 5.41 Å². The van der Waals surface area contributed by atoms with Crippen molar-refractivity contribution in [3.63, 3.8) is 0 Å². The Kier molecular flexibility index (Phi) is 8.08. The number of aryl methyl sites for hydroxylation is 2. The van der Waals surface area contributed by atoms with Gasteiger partial charge in [0.25, 0.3) is 0 Å². The molecule has 7 N–H and O–H groups in total. The van der Waals surface area contributed by atoms with E-state index in [1.807, 2.05) is 19.1 Å². The summed E-state index contributed by atoms with van der Waals surface area (Å²) < 4.78 is 4.69. The molecule has 4 rings (SSSR count). The fourth-order valence-corrected chi connectivity index (χ4v) is 4.00. The normalized spacial score (nSPS) is 12.7. The highest BCUT2D eigenvalue weighted by atomic mass is 16.7. The molecule has 2 amide bonds. The molecule has 1 fully saturated rings. The van der Waals surface area contributed by atoms with Crippen LogP contribution in [0.3, 0.4) is 0 Å². The number of ketones is 1. The number of rotatable bonds is 6. The van der Waals surface area contributed by atoms with Crippen LogP contribution in [0.5, 0.6) is 5.75 Å². The van der Waals surface area contributed by atoms with Crippen LogP contribution in [-0.2, 0) is 6.42 Å². The first-order chi connectivity index (χ1) is 16.7. The van der Waals surface area contributed by atoms with Crippen molar-refractivity contribution in [2.24, 2.45) is 11.5 Å². The van der Waals surface area contributed by atoms with Crippen molar-refractivity contribution in [2.45, 2.75) is 32.6 Å². The van der Waals surface area contributed by atoms with E-state index in [1.165, 1.54) is 6.07 Å². The number of carbonyl (C=O) groups excluding carboxylic acids is 2. The zero-order valence-electron chi connectivity index (χ0n) is 19.5. The predicted molar refractivity (Wildman–Crippen MR) is 132 cm³/mol. The summed E-state index contributed by atoms with van der Waals surface area (Å²) in [4.78, 5) is 38.7. The Bertz CT molecular complexity index is 1240. The first-order valence-electron chi connectivity index (χ1n) is 11.2. The fraction of sp³-hybridized carbons (Fsp3) is 0.280. The number of primary amides is 1. The number of benzene rings is 2. The Balaban J connectivity index is 0.000000363. The Hall–Kier alpha value is -4.34. The Morgan fingerprint density at radius 1 is 1.09 bits per heavy atom. The van der Waals surface area contributed by atoms with E-state index >= 15 is 0 Å². The van der Waals surface area contributed by atoms with Crippen molar-refractivity contribution in [3.05, 3.63) is 64.8 Å². The molecule has 2 heterocycles. The molecule has 0 bridgehead atoms. The number of urea groups is 1. The van der Waals surface area contributed by atoms with Gasteiger partial charge in [0.15, 0.2) is 5.78 Å². The average molecular weight is 480 g/mol. The number of nitrogens with zero attached hydrogens (tertiary/aromatic N) is 1. The van der Waals surface area contributed by atoms with E-state index in [1.54, 1.807) is 29.2 Å². The number of hydrogen-bond acceptors (Lipinski definition) is 5. The Morgan fingerprint density at radius 2 is 1.74 bits per heavy atom. The highest BCUT2D eigenvalue weighted by molar-refractivity contribution is 6.09. The van der Waals surface area contributed by atoms with E-state index in [0.717, 1.165) is 42.7 Å². The second-order valence-electron chi connectivity index (χ2n) is 8.27. The van der Waals surface area contributed by atoms with E-state index in [9.17, 15) is 14.4 Å². The lowest BCUT2D eigenvalue weighted by Gasteiger charge is -2.09. The number of nitrogen functional groups attached to an aromatic ring is 1. The smallest absolute Gasteiger partial charge is 0.449 e. The molecule has 1 aliphatic heterocycles. The van der Waals surface area contributed by atoms with Gasteiger partial charge in [-0.1, -0.05) is 24.3 Å². The SMILES string of the molecule is Cc1[nH]c2ccc(OC(=O)O)cc2c1C(=O)CCc1ccc(C(=N)N)cc1.NC(=O)N1CCCC1. The van der Waals surface area contributed by atoms with Crippen LogP contribution >= 0.6 is 0 Å². The number of hydrogen-bond donors (Lipinski definition) is 5. The van der Waals surface area contributed by atoms with Gasteiger partial charge in [0.05, 0.1) is 0 Å². The van der Waals surface area contributed by atoms with Gasteiger partial charge in [-0.15, -0.1) is 0 Å². The van der Waals surface area contributed by atoms with E-state index in [2.05, 4.69) is 4.98 Å². The minimum atomic E-state index is -1.40. The van der Waals surface area contributed by atoms with Crippen molar-refractivity contribution < 1.29 is 24.2 Å². The van der Waals surface area contributed by atoms with Gasteiger partial charge in [-0.3, -0.25) is 10.2 Å². The number of nitrogens with one attached hydrogen (secondary N) is 2. The largest absolute Gasteiger partial charge is 0.511 e. The van der Waals surface area contributed by atoms with Gasteiger partial charge in [-0.2, -0.15) is 0 Å². The maximum absolute atomic E-state index is 12.8. The number of carbonyl (C=O) groups is 3. The number of aromatic nitrogens is 1. The third kappa shape index (κ3) is 6.59. The van der Waals surface area contributed by atoms with Crippen LogP contribution in [0.25, 0.3) is 10.9 Å². The average Bonchev–Trinajstić information content (AvgIpc) is 3.45. The zero-order chi connectivity index (χ0) is 25.5. The Labute approximate surface area is 202 Å². The topological polar surface area (TPSA) is 176 Å². The number of likely N-dealkylation sites (tertiary alicyclic amines) is 1. The summed E-state index contributed by atoms with van der Waals surface area (Å²) in [5.41, 5.74) is 14.1. The molecule has 0 aliphatic carbocycles. The summed E-state index contributed by atoms with van der Waals surface area (Å²) in [6, 6.07) is 11.7. The van der Waals surface area contributed by atoms with Gasteiger partial charge < -0.3 is 31.2 Å². The van der Waals surface area contributed by atoms with Crippen LogP contribution in [0.1, 0.15) is 46.4 Å². The third-order valence-corrected chi connectivity index (χ3v) is 5.76. The molecular formula is C25H29N5O5. The van der Waals surface area contributed by atoms with Crippen LogP contribution < -0.4 is 16.2 Å². The minimum Gasteiger partial charge on any atom is -0.449 e. The number of Topliss-reactive ketones (excluding diaryl/α,β-unsaturated/α-hetero) is 1. The van der Waals surface area contributed by atoms with Gasteiger partial charge in [-0.25, -0.2) is 9.59 Å². The second-order valence-corrected chi connectivity index (χ2v) is 8.27. The molecule has 0 saturated carbocycles. The molecule has 1 aromatic heterocycles. The van der Waals surface area contributed by atoms with Crippen molar-refractivity contribution >= 4 is 34.7 Å². The van der Waals surface area contributed by atoms with E-state index in [-0.39, 0.29) is 23.4 Å². The molecular weight excluding hydrogens is 450 g/mol. The number of ether oxygens (including phenoxy) is 1. The summed E-state index contributed by atoms with van der Waals surface area (Å²) in [7, 11) is 0. The van der Waals surface area contributed by atoms with Gasteiger partial charge in [0.2, 0.25) is 0 Å². The lowest BCUT2D eigenvalue weighted by atomic mass is 9.99. The molecule has 0 spiro atoms. The van der Waals surface area contributed by atoms with Crippen LogP contribution in [-0.4, -0.2) is 51.9 Å². The number of amides is 2. The van der Waals surface area contributed by atoms with Crippen LogP contribution in [0.2, 0.25) is 0 Å². The van der Waals surface area contributed by atoms with Crippen LogP contribution in [0, 0.1) is 12.3 Å². The fourth-order valence-electron chi connectivity index (χ4n) is 4.00. The molecule has 2 aromatic carbocycles. The molecule has 1 aliphatic rings. The van der Waals surface area contributed by atoms with Gasteiger partial charge in [0.1, 0.15) is 11.6 Å². The number of nitrogens with two attached hydrogens (primary N) is 2. The van der Waals surface area contributed by atoms with Crippen molar-refractivity contribution in [2.75, 3.05) is 13.1 Å². The highest BCUT2D eigenvalue weighted by Gasteiger charge is 2.17. The number of carboxylic acid groups (broad SMARTS) is 1. The lowest BCUT2D eigenvalue weighted by Crippen LogP contribution is -2.32. The maximum Gasteiger partial charge on any atom is 0.511 e.